The molecule has 0 bridgehead atoms. The van der Waals surface area contributed by atoms with E-state index in [1.807, 2.05) is 57.3 Å². The average Bonchev–Trinajstić information content (AvgIpc) is 2.95. The molecule has 0 saturated heterocycles. The molecule has 1 aromatic heterocycles. The summed E-state index contributed by atoms with van der Waals surface area (Å²) in [5, 5.41) is 14.5. The molecular weight excluding hydrogens is 314 g/mol. The molecule has 25 heavy (non-hydrogen) atoms. The smallest absolute Gasteiger partial charge is 0.224 e. The van der Waals surface area contributed by atoms with Crippen molar-refractivity contribution in [3.8, 4) is 0 Å². The van der Waals surface area contributed by atoms with Gasteiger partial charge in [0.15, 0.2) is 0 Å². The number of rotatable bonds is 6. The number of aromatic nitrogens is 3. The van der Waals surface area contributed by atoms with Crippen molar-refractivity contribution in [1.82, 2.24) is 15.0 Å². The SMILES string of the molecule is CC(C)CC(=O)Nc1ccc(NCc2cccc3nnn(C)c23)cc1. The highest BCUT2D eigenvalue weighted by atomic mass is 16.1. The van der Waals surface area contributed by atoms with Crippen molar-refractivity contribution < 1.29 is 4.79 Å². The van der Waals surface area contributed by atoms with Gasteiger partial charge in [0.05, 0.1) is 5.52 Å². The Bertz CT molecular complexity index is 867. The highest BCUT2D eigenvalue weighted by Crippen LogP contribution is 2.19. The Morgan fingerprint density at radius 3 is 2.56 bits per heavy atom. The summed E-state index contributed by atoms with van der Waals surface area (Å²) in [5.41, 5.74) is 4.88. The summed E-state index contributed by atoms with van der Waals surface area (Å²) in [6.45, 7) is 4.74. The number of nitrogens with zero attached hydrogens (tertiary/aromatic N) is 3. The van der Waals surface area contributed by atoms with E-state index in [0.717, 1.165) is 28.0 Å². The second kappa shape index (κ2) is 7.34. The Labute approximate surface area is 147 Å². The van der Waals surface area contributed by atoms with Gasteiger partial charge in [-0.2, -0.15) is 0 Å². The molecule has 0 fully saturated rings. The molecule has 0 saturated carbocycles. The van der Waals surface area contributed by atoms with E-state index in [2.05, 4.69) is 27.0 Å². The predicted molar refractivity (Wildman–Crippen MR) is 100 cm³/mol. The van der Waals surface area contributed by atoms with E-state index >= 15 is 0 Å². The van der Waals surface area contributed by atoms with E-state index in [1.54, 1.807) is 4.68 Å². The van der Waals surface area contributed by atoms with Gasteiger partial charge in [-0.3, -0.25) is 4.79 Å². The molecule has 0 atom stereocenters. The second-order valence-electron chi connectivity index (χ2n) is 6.57. The van der Waals surface area contributed by atoms with Crippen molar-refractivity contribution >= 4 is 28.3 Å². The van der Waals surface area contributed by atoms with Crippen LogP contribution in [0.1, 0.15) is 25.8 Å². The van der Waals surface area contributed by atoms with Crippen molar-refractivity contribution in [3.63, 3.8) is 0 Å². The lowest BCUT2D eigenvalue weighted by molar-refractivity contribution is -0.116. The number of para-hydroxylation sites is 1. The van der Waals surface area contributed by atoms with Crippen molar-refractivity contribution in [3.05, 3.63) is 48.0 Å². The summed E-state index contributed by atoms with van der Waals surface area (Å²) in [6.07, 6.45) is 0.530. The Balaban J connectivity index is 1.64. The summed E-state index contributed by atoms with van der Waals surface area (Å²) in [7, 11) is 1.90. The van der Waals surface area contributed by atoms with E-state index in [9.17, 15) is 4.79 Å². The van der Waals surface area contributed by atoms with Crippen LogP contribution in [0.25, 0.3) is 11.0 Å². The van der Waals surface area contributed by atoms with E-state index in [-0.39, 0.29) is 5.91 Å². The van der Waals surface area contributed by atoms with Crippen LogP contribution in [0.2, 0.25) is 0 Å². The van der Waals surface area contributed by atoms with E-state index in [1.165, 1.54) is 0 Å². The molecule has 0 spiro atoms. The number of fused-ring (bicyclic) bond motifs is 1. The molecule has 0 aliphatic carbocycles. The Hall–Kier alpha value is -2.89. The van der Waals surface area contributed by atoms with Crippen LogP contribution in [-0.2, 0) is 18.4 Å². The molecule has 2 N–H and O–H groups in total. The fourth-order valence-electron chi connectivity index (χ4n) is 2.79. The molecule has 0 aliphatic heterocycles. The van der Waals surface area contributed by atoms with Crippen molar-refractivity contribution in [2.24, 2.45) is 13.0 Å². The lowest BCUT2D eigenvalue weighted by Gasteiger charge is -2.10. The Morgan fingerprint density at radius 1 is 1.12 bits per heavy atom. The maximum absolute atomic E-state index is 11.8. The highest BCUT2D eigenvalue weighted by molar-refractivity contribution is 5.91. The number of hydrogen-bond acceptors (Lipinski definition) is 4. The maximum Gasteiger partial charge on any atom is 0.224 e. The summed E-state index contributed by atoms with van der Waals surface area (Å²) in [4.78, 5) is 11.8. The van der Waals surface area contributed by atoms with Crippen molar-refractivity contribution in [1.29, 1.82) is 0 Å². The monoisotopic (exact) mass is 337 g/mol. The molecule has 0 radical (unpaired) electrons. The van der Waals surface area contributed by atoms with Crippen LogP contribution < -0.4 is 10.6 Å². The van der Waals surface area contributed by atoms with Gasteiger partial charge in [0.25, 0.3) is 0 Å². The number of anilines is 2. The van der Waals surface area contributed by atoms with Crippen molar-refractivity contribution in [2.75, 3.05) is 10.6 Å². The third kappa shape index (κ3) is 4.15. The zero-order chi connectivity index (χ0) is 17.8. The molecule has 2 aromatic carbocycles. The van der Waals surface area contributed by atoms with Gasteiger partial charge in [-0.25, -0.2) is 4.68 Å². The molecule has 3 rings (SSSR count). The molecule has 3 aromatic rings. The van der Waals surface area contributed by atoms with Gasteiger partial charge < -0.3 is 10.6 Å². The van der Waals surface area contributed by atoms with E-state index in [0.29, 0.717) is 18.9 Å². The zero-order valence-corrected chi connectivity index (χ0v) is 14.8. The predicted octanol–water partition coefficient (Wildman–Crippen LogP) is 3.57. The summed E-state index contributed by atoms with van der Waals surface area (Å²) >= 11 is 0. The van der Waals surface area contributed by atoms with Gasteiger partial charge in [-0.1, -0.05) is 31.2 Å². The average molecular weight is 337 g/mol. The van der Waals surface area contributed by atoms with Gasteiger partial charge in [-0.05, 0) is 41.8 Å². The van der Waals surface area contributed by atoms with Crippen LogP contribution >= 0.6 is 0 Å². The topological polar surface area (TPSA) is 71.8 Å². The number of benzene rings is 2. The molecule has 6 heteroatoms. The number of carbonyl (C=O) groups is 1. The minimum atomic E-state index is 0.0473. The van der Waals surface area contributed by atoms with Crippen LogP contribution in [0.5, 0.6) is 0 Å². The zero-order valence-electron chi connectivity index (χ0n) is 14.8. The maximum atomic E-state index is 11.8. The van der Waals surface area contributed by atoms with Gasteiger partial charge in [0.2, 0.25) is 5.91 Å². The normalized spacial score (nSPS) is 11.0. The van der Waals surface area contributed by atoms with E-state index in [4.69, 9.17) is 0 Å². The molecule has 1 heterocycles. The molecule has 6 nitrogen and oxygen atoms in total. The Morgan fingerprint density at radius 2 is 1.84 bits per heavy atom. The van der Waals surface area contributed by atoms with Gasteiger partial charge in [0, 0.05) is 31.4 Å². The lowest BCUT2D eigenvalue weighted by atomic mass is 10.1. The number of carbonyl (C=O) groups excluding carboxylic acids is 1. The molecule has 130 valence electrons. The Kier molecular flexibility index (Phi) is 4.97. The molecular formula is C19H23N5O. The van der Waals surface area contributed by atoms with Crippen LogP contribution in [0.3, 0.4) is 0 Å². The number of aryl methyl sites for hydroxylation is 1. The second-order valence-corrected chi connectivity index (χ2v) is 6.57. The third-order valence-corrected chi connectivity index (χ3v) is 3.95. The first kappa shape index (κ1) is 17.0. The van der Waals surface area contributed by atoms with Crippen LogP contribution in [0, 0.1) is 5.92 Å². The standard InChI is InChI=1S/C19H23N5O/c1-13(2)11-18(25)21-16-9-7-15(8-10-16)20-12-14-5-4-6-17-19(14)24(3)23-22-17/h4-10,13,20H,11-12H2,1-3H3,(H,21,25). The number of amides is 1. The third-order valence-electron chi connectivity index (χ3n) is 3.95. The molecule has 0 unspecified atom stereocenters. The fraction of sp³-hybridized carbons (Fsp3) is 0.316. The largest absolute Gasteiger partial charge is 0.381 e. The van der Waals surface area contributed by atoms with Gasteiger partial charge in [-0.15, -0.1) is 5.10 Å². The number of nitrogens with one attached hydrogen (secondary N) is 2. The van der Waals surface area contributed by atoms with Gasteiger partial charge >= 0.3 is 0 Å². The fourth-order valence-corrected chi connectivity index (χ4v) is 2.79. The molecule has 1 amide bonds. The van der Waals surface area contributed by atoms with Crippen LogP contribution in [0.15, 0.2) is 42.5 Å². The quantitative estimate of drug-likeness (QED) is 0.721. The summed E-state index contributed by atoms with van der Waals surface area (Å²) in [6, 6.07) is 13.8. The number of hydrogen-bond donors (Lipinski definition) is 2. The first-order valence-corrected chi connectivity index (χ1v) is 8.44. The highest BCUT2D eigenvalue weighted by Gasteiger charge is 2.07. The van der Waals surface area contributed by atoms with Crippen molar-refractivity contribution in [2.45, 2.75) is 26.8 Å². The lowest BCUT2D eigenvalue weighted by Crippen LogP contribution is -2.13. The van der Waals surface area contributed by atoms with E-state index < -0.39 is 0 Å². The van der Waals surface area contributed by atoms with Gasteiger partial charge in [0.1, 0.15) is 5.52 Å². The minimum absolute atomic E-state index is 0.0473. The summed E-state index contributed by atoms with van der Waals surface area (Å²) < 4.78 is 1.79. The van der Waals surface area contributed by atoms with Crippen LogP contribution in [0.4, 0.5) is 11.4 Å². The summed E-state index contributed by atoms with van der Waals surface area (Å²) in [5.74, 6) is 0.399. The van der Waals surface area contributed by atoms with Crippen LogP contribution in [-0.4, -0.2) is 20.9 Å². The first-order valence-electron chi connectivity index (χ1n) is 8.44. The minimum Gasteiger partial charge on any atom is -0.381 e. The molecule has 0 aliphatic rings. The first-order chi connectivity index (χ1) is 12.0.